The molecule has 8 heteroatoms. The van der Waals surface area contributed by atoms with E-state index in [1.165, 1.54) is 7.11 Å². The molecule has 4 rings (SSSR count). The maximum absolute atomic E-state index is 13.1. The number of hydrogen-bond acceptors (Lipinski definition) is 6. The van der Waals surface area contributed by atoms with E-state index in [1.54, 1.807) is 48.1 Å². The van der Waals surface area contributed by atoms with Gasteiger partial charge in [-0.25, -0.2) is 4.98 Å². The summed E-state index contributed by atoms with van der Waals surface area (Å²) in [5.41, 5.74) is 1.76. The highest BCUT2D eigenvalue weighted by molar-refractivity contribution is 5.93. The SMILES string of the molecule is C=CCc1c(OCC(=O)Nc2ccc(OC)cc2OC)ccc2nc3n(c(=O)c12)CCC3. The number of rotatable bonds is 8. The number of carbonyl (C=O) groups is 1. The van der Waals surface area contributed by atoms with Crippen molar-refractivity contribution in [1.82, 2.24) is 9.55 Å². The zero-order chi connectivity index (χ0) is 22.7. The monoisotopic (exact) mass is 435 g/mol. The van der Waals surface area contributed by atoms with E-state index in [2.05, 4.69) is 16.9 Å². The Labute approximate surface area is 185 Å². The Balaban J connectivity index is 1.58. The van der Waals surface area contributed by atoms with Crippen LogP contribution in [0.2, 0.25) is 0 Å². The molecule has 0 saturated heterocycles. The van der Waals surface area contributed by atoms with Crippen LogP contribution in [0.3, 0.4) is 0 Å². The standard InChI is InChI=1S/C24H25N3O5/c1-4-6-16-19(11-10-18-23(16)24(29)27-12-5-7-21(27)25-18)32-14-22(28)26-17-9-8-15(30-2)13-20(17)31-3/h4,8-11,13H,1,5-7,12,14H2,2-3H3,(H,26,28). The Hall–Kier alpha value is -3.81. The Morgan fingerprint density at radius 2 is 2.06 bits per heavy atom. The molecule has 0 bridgehead atoms. The minimum Gasteiger partial charge on any atom is -0.497 e. The summed E-state index contributed by atoms with van der Waals surface area (Å²) < 4.78 is 18.0. The van der Waals surface area contributed by atoms with Crippen molar-refractivity contribution in [2.24, 2.45) is 0 Å². The molecule has 1 amide bonds. The molecule has 0 atom stereocenters. The van der Waals surface area contributed by atoms with E-state index in [9.17, 15) is 9.59 Å². The van der Waals surface area contributed by atoms with E-state index >= 15 is 0 Å². The van der Waals surface area contributed by atoms with Crippen LogP contribution in [-0.2, 0) is 24.2 Å². The highest BCUT2D eigenvalue weighted by atomic mass is 16.5. The Bertz CT molecular complexity index is 1250. The maximum atomic E-state index is 13.1. The van der Waals surface area contributed by atoms with Gasteiger partial charge in [-0.3, -0.25) is 14.2 Å². The van der Waals surface area contributed by atoms with Gasteiger partial charge >= 0.3 is 0 Å². The van der Waals surface area contributed by atoms with Crippen molar-refractivity contribution in [2.75, 3.05) is 26.1 Å². The van der Waals surface area contributed by atoms with Crippen molar-refractivity contribution >= 4 is 22.5 Å². The van der Waals surface area contributed by atoms with Crippen molar-refractivity contribution in [3.05, 3.63) is 64.7 Å². The predicted octanol–water partition coefficient (Wildman–Crippen LogP) is 3.11. The van der Waals surface area contributed by atoms with Gasteiger partial charge in [0.15, 0.2) is 6.61 Å². The molecule has 1 aliphatic rings. The lowest BCUT2D eigenvalue weighted by atomic mass is 10.0. The number of ether oxygens (including phenoxy) is 3. The summed E-state index contributed by atoms with van der Waals surface area (Å²) in [4.78, 5) is 30.3. The fourth-order valence-corrected chi connectivity index (χ4v) is 3.93. The van der Waals surface area contributed by atoms with E-state index in [4.69, 9.17) is 14.2 Å². The first-order chi connectivity index (χ1) is 15.5. The van der Waals surface area contributed by atoms with Crippen LogP contribution in [0.15, 0.2) is 47.8 Å². The first-order valence-electron chi connectivity index (χ1n) is 10.4. The van der Waals surface area contributed by atoms with E-state index in [-0.39, 0.29) is 18.1 Å². The van der Waals surface area contributed by atoms with Gasteiger partial charge in [0.2, 0.25) is 0 Å². The average molecular weight is 435 g/mol. The molecule has 0 radical (unpaired) electrons. The summed E-state index contributed by atoms with van der Waals surface area (Å²) >= 11 is 0. The molecule has 8 nitrogen and oxygen atoms in total. The lowest BCUT2D eigenvalue weighted by molar-refractivity contribution is -0.118. The van der Waals surface area contributed by atoms with Gasteiger partial charge in [-0.2, -0.15) is 0 Å². The molecule has 1 N–H and O–H groups in total. The second-order valence-electron chi connectivity index (χ2n) is 7.42. The highest BCUT2D eigenvalue weighted by Gasteiger charge is 2.20. The molecule has 32 heavy (non-hydrogen) atoms. The van der Waals surface area contributed by atoms with Crippen molar-refractivity contribution in [3.63, 3.8) is 0 Å². The Morgan fingerprint density at radius 1 is 1.22 bits per heavy atom. The number of hydrogen-bond donors (Lipinski definition) is 1. The number of methoxy groups -OCH3 is 2. The van der Waals surface area contributed by atoms with Gasteiger partial charge in [0, 0.05) is 24.6 Å². The van der Waals surface area contributed by atoms with Crippen molar-refractivity contribution in [2.45, 2.75) is 25.8 Å². The van der Waals surface area contributed by atoms with Crippen LogP contribution in [0, 0.1) is 0 Å². The van der Waals surface area contributed by atoms with Crippen molar-refractivity contribution in [3.8, 4) is 17.2 Å². The van der Waals surface area contributed by atoms with Crippen LogP contribution in [-0.4, -0.2) is 36.3 Å². The minimum atomic E-state index is -0.359. The molecule has 2 aromatic carbocycles. The summed E-state index contributed by atoms with van der Waals surface area (Å²) in [5.74, 6) is 2.01. The number of nitrogens with zero attached hydrogens (tertiary/aromatic N) is 2. The second-order valence-corrected chi connectivity index (χ2v) is 7.42. The third kappa shape index (κ3) is 4.03. The average Bonchev–Trinajstić information content (AvgIpc) is 3.28. The number of benzene rings is 2. The molecule has 1 aromatic heterocycles. The van der Waals surface area contributed by atoms with Crippen LogP contribution in [0.4, 0.5) is 5.69 Å². The van der Waals surface area contributed by atoms with Crippen LogP contribution in [0.5, 0.6) is 17.2 Å². The van der Waals surface area contributed by atoms with Crippen LogP contribution in [0.25, 0.3) is 10.9 Å². The first-order valence-corrected chi connectivity index (χ1v) is 10.4. The summed E-state index contributed by atoms with van der Waals surface area (Å²) in [6.07, 6.45) is 3.85. The highest BCUT2D eigenvalue weighted by Crippen LogP contribution is 2.30. The molecule has 0 aliphatic carbocycles. The molecular formula is C24H25N3O5. The molecule has 0 fully saturated rings. The lowest BCUT2D eigenvalue weighted by Crippen LogP contribution is -2.23. The number of carbonyl (C=O) groups excluding carboxylic acids is 1. The fourth-order valence-electron chi connectivity index (χ4n) is 3.93. The number of fused-ring (bicyclic) bond motifs is 2. The summed E-state index contributed by atoms with van der Waals surface area (Å²) in [5, 5.41) is 3.29. The van der Waals surface area contributed by atoms with Crippen molar-refractivity contribution < 1.29 is 19.0 Å². The van der Waals surface area contributed by atoms with E-state index in [0.717, 1.165) is 18.7 Å². The van der Waals surface area contributed by atoms with Crippen LogP contribution in [0.1, 0.15) is 17.8 Å². The number of anilines is 1. The van der Waals surface area contributed by atoms with Gasteiger partial charge in [-0.1, -0.05) is 6.08 Å². The molecule has 0 spiro atoms. The quantitative estimate of drug-likeness (QED) is 0.547. The summed E-state index contributed by atoms with van der Waals surface area (Å²) in [6.45, 7) is 4.24. The molecule has 0 saturated carbocycles. The van der Waals surface area contributed by atoms with Crippen LogP contribution < -0.4 is 25.1 Å². The van der Waals surface area contributed by atoms with Gasteiger partial charge in [0.05, 0.1) is 30.8 Å². The van der Waals surface area contributed by atoms with E-state index < -0.39 is 0 Å². The van der Waals surface area contributed by atoms with Gasteiger partial charge in [-0.05, 0) is 37.1 Å². The number of nitrogens with one attached hydrogen (secondary N) is 1. The molecule has 2 heterocycles. The minimum absolute atomic E-state index is 0.0720. The molecule has 3 aromatic rings. The van der Waals surface area contributed by atoms with Gasteiger partial charge < -0.3 is 19.5 Å². The Morgan fingerprint density at radius 3 is 2.81 bits per heavy atom. The van der Waals surface area contributed by atoms with Crippen LogP contribution >= 0.6 is 0 Å². The maximum Gasteiger partial charge on any atom is 0.262 e. The zero-order valence-electron chi connectivity index (χ0n) is 18.1. The molecule has 0 unspecified atom stereocenters. The van der Waals surface area contributed by atoms with Crippen molar-refractivity contribution in [1.29, 1.82) is 0 Å². The zero-order valence-corrected chi connectivity index (χ0v) is 18.1. The van der Waals surface area contributed by atoms with Gasteiger partial charge in [0.1, 0.15) is 23.1 Å². The number of aryl methyl sites for hydroxylation is 1. The largest absolute Gasteiger partial charge is 0.497 e. The number of amides is 1. The number of allylic oxidation sites excluding steroid dienone is 1. The predicted molar refractivity (Wildman–Crippen MR) is 122 cm³/mol. The molecular weight excluding hydrogens is 410 g/mol. The Kier molecular flexibility index (Phi) is 6.11. The number of aromatic nitrogens is 2. The summed E-state index contributed by atoms with van der Waals surface area (Å²) in [6, 6.07) is 8.62. The smallest absolute Gasteiger partial charge is 0.262 e. The summed E-state index contributed by atoms with van der Waals surface area (Å²) in [7, 11) is 3.07. The van der Waals surface area contributed by atoms with E-state index in [1.807, 2.05) is 0 Å². The van der Waals surface area contributed by atoms with Gasteiger partial charge in [-0.15, -0.1) is 6.58 Å². The third-order valence-electron chi connectivity index (χ3n) is 5.44. The van der Waals surface area contributed by atoms with Gasteiger partial charge in [0.25, 0.3) is 11.5 Å². The fraction of sp³-hybridized carbons (Fsp3) is 0.292. The second kappa shape index (κ2) is 9.13. The van der Waals surface area contributed by atoms with E-state index in [0.29, 0.717) is 52.4 Å². The third-order valence-corrected chi connectivity index (χ3v) is 5.44. The normalized spacial score (nSPS) is 12.3. The molecule has 1 aliphatic heterocycles. The first kappa shape index (κ1) is 21.4. The topological polar surface area (TPSA) is 91.7 Å². The molecule has 166 valence electrons. The lowest BCUT2D eigenvalue weighted by Gasteiger charge is -2.15.